The summed E-state index contributed by atoms with van der Waals surface area (Å²) in [7, 11) is 3.98. The third kappa shape index (κ3) is 1.73. The maximum Gasteiger partial charge on any atom is 0.310 e. The number of hydrogen-bond acceptors (Lipinski definition) is 3. The zero-order valence-corrected chi connectivity index (χ0v) is 14.2. The Kier molecular flexibility index (Phi) is 2.88. The first-order chi connectivity index (χ1) is 10.2. The van der Waals surface area contributed by atoms with Crippen molar-refractivity contribution in [2.45, 2.75) is 57.7 Å². The van der Waals surface area contributed by atoms with Crippen molar-refractivity contribution >= 4 is 5.97 Å². The van der Waals surface area contributed by atoms with Crippen molar-refractivity contribution in [2.75, 3.05) is 20.6 Å². The lowest BCUT2D eigenvalue weighted by Gasteiger charge is -2.34. The highest BCUT2D eigenvalue weighted by Gasteiger charge is 2.78. The second-order valence-electron chi connectivity index (χ2n) is 9.12. The monoisotopic (exact) mass is 309 g/mol. The van der Waals surface area contributed by atoms with Crippen molar-refractivity contribution in [2.24, 2.45) is 28.6 Å². The molecule has 0 N–H and O–H groups in total. The lowest BCUT2D eigenvalue weighted by Crippen LogP contribution is -2.42. The molecule has 1 heterocycles. The quantitative estimate of drug-likeness (QED) is 0.734. The molecule has 0 amide bonds. The molecule has 0 aromatic heterocycles. The summed E-state index contributed by atoms with van der Waals surface area (Å²) in [6.45, 7) is 4.81. The van der Waals surface area contributed by atoms with Gasteiger partial charge in [0.1, 0.15) is 11.8 Å². The zero-order chi connectivity index (χ0) is 15.9. The van der Waals surface area contributed by atoms with Crippen LogP contribution >= 0.6 is 0 Å². The van der Waals surface area contributed by atoms with E-state index in [9.17, 15) is 4.79 Å². The summed E-state index contributed by atoms with van der Waals surface area (Å²) in [4.78, 5) is 14.5. The van der Waals surface area contributed by atoms with Crippen molar-refractivity contribution in [3.8, 4) is 0 Å². The highest BCUT2D eigenvalue weighted by molar-refractivity contribution is 5.75. The molecule has 0 aromatic rings. The van der Waals surface area contributed by atoms with Gasteiger partial charge in [0.25, 0.3) is 0 Å². The van der Waals surface area contributed by atoms with Gasteiger partial charge in [0.15, 0.2) is 0 Å². The third-order valence-electron chi connectivity index (χ3n) is 7.50. The number of nitrogens with zero attached hydrogens (tertiary/aromatic N) is 1. The van der Waals surface area contributed by atoms with Gasteiger partial charge < -0.3 is 9.64 Å². The summed E-state index contributed by atoms with van der Waals surface area (Å²) in [5.41, 5.74) is -0.803. The maximum absolute atomic E-state index is 15.3. The van der Waals surface area contributed by atoms with Gasteiger partial charge in [-0.05, 0) is 64.0 Å². The first kappa shape index (κ1) is 14.9. The second kappa shape index (κ2) is 4.25. The SMILES string of the molecule is CN(C)C[C@@H]1C(=O)O[C@H]2[C@H]1CC[C@@]1(C)C[C@]13CC[C@@](C)(F)[C@H]23. The second-order valence-corrected chi connectivity index (χ2v) is 9.12. The van der Waals surface area contributed by atoms with Crippen LogP contribution in [0.1, 0.15) is 46.0 Å². The normalized spacial score (nSPS) is 56.2. The number of rotatable bonds is 2. The van der Waals surface area contributed by atoms with Crippen LogP contribution in [-0.2, 0) is 9.53 Å². The topological polar surface area (TPSA) is 29.5 Å². The highest BCUT2D eigenvalue weighted by Crippen LogP contribution is 2.80. The minimum Gasteiger partial charge on any atom is -0.461 e. The van der Waals surface area contributed by atoms with E-state index in [1.54, 1.807) is 6.92 Å². The molecule has 22 heavy (non-hydrogen) atoms. The first-order valence-electron chi connectivity index (χ1n) is 8.74. The molecule has 1 saturated heterocycles. The average molecular weight is 309 g/mol. The summed E-state index contributed by atoms with van der Waals surface area (Å²) < 4.78 is 21.2. The van der Waals surface area contributed by atoms with E-state index in [2.05, 4.69) is 11.8 Å². The number of halogens is 1. The highest BCUT2D eigenvalue weighted by atomic mass is 19.1. The van der Waals surface area contributed by atoms with E-state index in [1.807, 2.05) is 14.1 Å². The minimum atomic E-state index is -1.18. The average Bonchev–Trinajstić information content (AvgIpc) is 2.77. The number of ether oxygens (including phenoxy) is 1. The van der Waals surface area contributed by atoms with Gasteiger partial charge in [0.05, 0.1) is 5.92 Å². The molecule has 7 atom stereocenters. The smallest absolute Gasteiger partial charge is 0.310 e. The number of hydrogen-bond donors (Lipinski definition) is 0. The molecule has 4 fully saturated rings. The number of fused-ring (bicyclic) bond motifs is 2. The molecule has 3 nitrogen and oxygen atoms in total. The maximum atomic E-state index is 15.3. The van der Waals surface area contributed by atoms with Crippen molar-refractivity contribution in [3.63, 3.8) is 0 Å². The van der Waals surface area contributed by atoms with Crippen LogP contribution in [0.25, 0.3) is 0 Å². The van der Waals surface area contributed by atoms with Gasteiger partial charge >= 0.3 is 5.97 Å². The van der Waals surface area contributed by atoms with E-state index in [1.165, 1.54) is 0 Å². The van der Waals surface area contributed by atoms with E-state index >= 15 is 4.39 Å². The van der Waals surface area contributed by atoms with Crippen LogP contribution in [-0.4, -0.2) is 43.3 Å². The molecule has 4 rings (SSSR count). The van der Waals surface area contributed by atoms with Gasteiger partial charge in [-0.2, -0.15) is 0 Å². The number of esters is 1. The molecular weight excluding hydrogens is 281 g/mol. The van der Waals surface area contributed by atoms with E-state index in [0.717, 1.165) is 32.2 Å². The Morgan fingerprint density at radius 1 is 1.27 bits per heavy atom. The standard InChI is InChI=1S/C18H28FNO2/c1-16-6-5-11-12(9-20(3)4)15(21)22-13(11)14-17(2,19)7-8-18(14,16)10-16/h11-14H,5-10H2,1-4H3/t11-,12-,13-,14-,16-,17+,18-/m0/s1. The van der Waals surface area contributed by atoms with Gasteiger partial charge in [-0.1, -0.05) is 6.92 Å². The van der Waals surface area contributed by atoms with Crippen molar-refractivity contribution in [1.29, 1.82) is 0 Å². The molecule has 124 valence electrons. The summed E-state index contributed by atoms with van der Waals surface area (Å²) in [6.07, 6.45) is 4.68. The Morgan fingerprint density at radius 2 is 2.00 bits per heavy atom. The molecular formula is C18H28FNO2. The van der Waals surface area contributed by atoms with E-state index in [4.69, 9.17) is 4.74 Å². The molecule has 3 saturated carbocycles. The number of alkyl halides is 1. The largest absolute Gasteiger partial charge is 0.461 e. The molecule has 1 spiro atoms. The van der Waals surface area contributed by atoms with Gasteiger partial charge in [0.2, 0.25) is 0 Å². The van der Waals surface area contributed by atoms with E-state index < -0.39 is 5.67 Å². The van der Waals surface area contributed by atoms with E-state index in [0.29, 0.717) is 6.42 Å². The van der Waals surface area contributed by atoms with Crippen molar-refractivity contribution in [3.05, 3.63) is 0 Å². The summed E-state index contributed by atoms with van der Waals surface area (Å²) in [5, 5.41) is 0. The lowest BCUT2D eigenvalue weighted by molar-refractivity contribution is -0.149. The Morgan fingerprint density at radius 3 is 2.68 bits per heavy atom. The van der Waals surface area contributed by atoms with Crippen LogP contribution in [0.4, 0.5) is 4.39 Å². The Balaban J connectivity index is 1.71. The fourth-order valence-electron chi connectivity index (χ4n) is 6.36. The van der Waals surface area contributed by atoms with Crippen molar-refractivity contribution in [1.82, 2.24) is 4.90 Å². The summed E-state index contributed by atoms with van der Waals surface area (Å²) in [6, 6.07) is 0. The van der Waals surface area contributed by atoms with Crippen LogP contribution < -0.4 is 0 Å². The Labute approximate surface area is 132 Å². The summed E-state index contributed by atoms with van der Waals surface area (Å²) in [5.74, 6) is -0.0523. The molecule has 1 aliphatic heterocycles. The third-order valence-corrected chi connectivity index (χ3v) is 7.50. The Hall–Kier alpha value is -0.640. The van der Waals surface area contributed by atoms with Gasteiger partial charge in [-0.15, -0.1) is 0 Å². The Bertz CT molecular complexity index is 519. The van der Waals surface area contributed by atoms with Crippen LogP contribution in [0.15, 0.2) is 0 Å². The molecule has 0 radical (unpaired) electrons. The van der Waals surface area contributed by atoms with Gasteiger partial charge in [-0.3, -0.25) is 4.79 Å². The van der Waals surface area contributed by atoms with Gasteiger partial charge in [-0.25, -0.2) is 4.39 Å². The minimum absolute atomic E-state index is 0.0745. The van der Waals surface area contributed by atoms with Crippen LogP contribution in [0, 0.1) is 28.6 Å². The fraction of sp³-hybridized carbons (Fsp3) is 0.944. The summed E-state index contributed by atoms with van der Waals surface area (Å²) >= 11 is 0. The molecule has 3 aliphatic carbocycles. The molecule has 4 aliphatic rings. The number of carbonyl (C=O) groups excluding carboxylic acids is 1. The number of carbonyl (C=O) groups is 1. The first-order valence-corrected chi connectivity index (χ1v) is 8.74. The lowest BCUT2D eigenvalue weighted by atomic mass is 9.74. The van der Waals surface area contributed by atoms with Gasteiger partial charge in [0, 0.05) is 18.4 Å². The van der Waals surface area contributed by atoms with Crippen LogP contribution in [0.3, 0.4) is 0 Å². The predicted octanol–water partition coefficient (Wildman–Crippen LogP) is 3.03. The molecule has 0 unspecified atom stereocenters. The zero-order valence-electron chi connectivity index (χ0n) is 14.2. The predicted molar refractivity (Wildman–Crippen MR) is 82.0 cm³/mol. The molecule has 0 aromatic carbocycles. The van der Waals surface area contributed by atoms with E-state index in [-0.39, 0.29) is 40.7 Å². The van der Waals surface area contributed by atoms with Crippen LogP contribution in [0.2, 0.25) is 0 Å². The molecule has 0 bridgehead atoms. The van der Waals surface area contributed by atoms with Crippen LogP contribution in [0.5, 0.6) is 0 Å². The van der Waals surface area contributed by atoms with Crippen molar-refractivity contribution < 1.29 is 13.9 Å². The fourth-order valence-corrected chi connectivity index (χ4v) is 6.36. The molecule has 4 heteroatoms.